The molecule has 0 spiro atoms. The van der Waals surface area contributed by atoms with Crippen LogP contribution < -0.4 is 5.32 Å². The molecule has 0 fully saturated rings. The van der Waals surface area contributed by atoms with Crippen molar-refractivity contribution in [1.82, 2.24) is 0 Å². The van der Waals surface area contributed by atoms with Gasteiger partial charge < -0.3 is 14.8 Å². The summed E-state index contributed by atoms with van der Waals surface area (Å²) in [5.74, 6) is -1.53. The zero-order chi connectivity index (χ0) is 20.2. The normalized spacial score (nSPS) is 10.8. The van der Waals surface area contributed by atoms with E-state index >= 15 is 0 Å². The molecular weight excluding hydrogens is 374 g/mol. The molecular formula is C18H17NO7S. The molecule has 2 aromatic carbocycles. The number of amides is 1. The monoisotopic (exact) mass is 391 g/mol. The molecule has 0 atom stereocenters. The first-order chi connectivity index (χ1) is 12.7. The van der Waals surface area contributed by atoms with Crippen LogP contribution in [0.3, 0.4) is 0 Å². The van der Waals surface area contributed by atoms with Gasteiger partial charge in [-0.25, -0.2) is 18.0 Å². The second kappa shape index (κ2) is 8.00. The summed E-state index contributed by atoms with van der Waals surface area (Å²) in [4.78, 5) is 35.6. The Morgan fingerprint density at radius 3 is 1.78 bits per heavy atom. The minimum Gasteiger partial charge on any atom is -0.465 e. The summed E-state index contributed by atoms with van der Waals surface area (Å²) in [7, 11) is -2.02. The van der Waals surface area contributed by atoms with E-state index < -0.39 is 27.0 Å². The molecule has 142 valence electrons. The largest absolute Gasteiger partial charge is 0.465 e. The summed E-state index contributed by atoms with van der Waals surface area (Å²) in [6, 6.07) is 9.36. The van der Waals surface area contributed by atoms with Crippen molar-refractivity contribution in [2.45, 2.75) is 11.8 Å². The van der Waals surface area contributed by atoms with Crippen LogP contribution >= 0.6 is 0 Å². The molecule has 1 N–H and O–H groups in total. The Morgan fingerprint density at radius 1 is 0.852 bits per heavy atom. The van der Waals surface area contributed by atoms with Crippen molar-refractivity contribution >= 4 is 32.7 Å². The van der Waals surface area contributed by atoms with Gasteiger partial charge in [0.2, 0.25) is 0 Å². The van der Waals surface area contributed by atoms with E-state index in [9.17, 15) is 22.8 Å². The van der Waals surface area contributed by atoms with Crippen LogP contribution in [-0.4, -0.2) is 39.8 Å². The molecule has 9 heteroatoms. The number of carbonyl (C=O) groups excluding carboxylic acids is 3. The lowest BCUT2D eigenvalue weighted by atomic mass is 10.1. The number of methoxy groups -OCH3 is 2. The van der Waals surface area contributed by atoms with E-state index in [-0.39, 0.29) is 21.7 Å². The van der Waals surface area contributed by atoms with E-state index in [1.807, 2.05) is 0 Å². The number of aryl methyl sites for hydroxylation is 1. The lowest BCUT2D eigenvalue weighted by molar-refractivity contribution is 0.0599. The van der Waals surface area contributed by atoms with Gasteiger partial charge in [0.25, 0.3) is 9.84 Å². The molecule has 0 aliphatic heterocycles. The predicted octanol–water partition coefficient (Wildman–Crippen LogP) is 2.57. The standard InChI is InChI=1S/C18H17NO7S/c1-11-4-6-15(7-5-11)27(23,24)18(22)19-14-9-12(16(20)25-2)8-13(10-14)17(21)26-3/h4-10H,1-3H3,(H,19,22). The van der Waals surface area contributed by atoms with Crippen molar-refractivity contribution < 1.29 is 32.3 Å². The summed E-state index contributed by atoms with van der Waals surface area (Å²) in [5.41, 5.74) is 0.661. The number of sulfone groups is 1. The SMILES string of the molecule is COC(=O)c1cc(NC(=O)S(=O)(=O)c2ccc(C)cc2)cc(C(=O)OC)c1. The molecule has 27 heavy (non-hydrogen) atoms. The van der Waals surface area contributed by atoms with Crippen LogP contribution in [0.1, 0.15) is 26.3 Å². The molecule has 1 amide bonds. The Bertz CT molecular complexity index is 961. The highest BCUT2D eigenvalue weighted by molar-refractivity contribution is 8.06. The number of anilines is 1. The Labute approximate surface area is 156 Å². The van der Waals surface area contributed by atoms with Gasteiger partial charge in [0.15, 0.2) is 0 Å². The number of ether oxygens (including phenoxy) is 2. The molecule has 0 radical (unpaired) electrons. The maximum absolute atomic E-state index is 12.4. The summed E-state index contributed by atoms with van der Waals surface area (Å²) >= 11 is 0. The zero-order valence-corrected chi connectivity index (χ0v) is 15.6. The average Bonchev–Trinajstić information content (AvgIpc) is 2.66. The first-order valence-corrected chi connectivity index (χ1v) is 9.12. The van der Waals surface area contributed by atoms with Crippen LogP contribution in [-0.2, 0) is 19.3 Å². The van der Waals surface area contributed by atoms with Gasteiger partial charge in [0.1, 0.15) is 0 Å². The lowest BCUT2D eigenvalue weighted by Gasteiger charge is -2.10. The third-order valence-corrected chi connectivity index (χ3v) is 5.08. The Balaban J connectivity index is 2.40. The molecule has 8 nitrogen and oxygen atoms in total. The van der Waals surface area contributed by atoms with Gasteiger partial charge in [0, 0.05) is 5.69 Å². The third-order valence-electron chi connectivity index (χ3n) is 3.60. The van der Waals surface area contributed by atoms with Crippen LogP contribution in [0, 0.1) is 6.92 Å². The Kier molecular flexibility index (Phi) is 5.96. The highest BCUT2D eigenvalue weighted by Crippen LogP contribution is 2.20. The number of hydrogen-bond acceptors (Lipinski definition) is 7. The van der Waals surface area contributed by atoms with E-state index in [1.165, 1.54) is 30.3 Å². The zero-order valence-electron chi connectivity index (χ0n) is 14.8. The van der Waals surface area contributed by atoms with Gasteiger partial charge in [-0.1, -0.05) is 17.7 Å². The van der Waals surface area contributed by atoms with Gasteiger partial charge in [0.05, 0.1) is 30.2 Å². The van der Waals surface area contributed by atoms with E-state index in [1.54, 1.807) is 19.1 Å². The van der Waals surface area contributed by atoms with Crippen molar-refractivity contribution in [3.63, 3.8) is 0 Å². The molecule has 0 saturated heterocycles. The molecule has 0 heterocycles. The fraction of sp³-hybridized carbons (Fsp3) is 0.167. The molecule has 2 aromatic rings. The van der Waals surface area contributed by atoms with Gasteiger partial charge in [-0.2, -0.15) is 0 Å². The number of rotatable bonds is 4. The summed E-state index contributed by atoms with van der Waals surface area (Å²) in [6.45, 7) is 1.78. The maximum atomic E-state index is 12.4. The fourth-order valence-electron chi connectivity index (χ4n) is 2.18. The molecule has 0 aromatic heterocycles. The lowest BCUT2D eigenvalue weighted by Crippen LogP contribution is -2.22. The predicted molar refractivity (Wildman–Crippen MR) is 96.5 cm³/mol. The maximum Gasteiger partial charge on any atom is 0.345 e. The quantitative estimate of drug-likeness (QED) is 0.796. The van der Waals surface area contributed by atoms with Crippen LogP contribution in [0.25, 0.3) is 0 Å². The summed E-state index contributed by atoms with van der Waals surface area (Å²) in [6.07, 6.45) is 0. The number of benzene rings is 2. The van der Waals surface area contributed by atoms with Crippen molar-refractivity contribution in [2.75, 3.05) is 19.5 Å². The molecule has 0 saturated carbocycles. The second-order valence-corrected chi connectivity index (χ2v) is 7.36. The average molecular weight is 391 g/mol. The minimum atomic E-state index is -4.31. The van der Waals surface area contributed by atoms with Crippen LogP contribution in [0.5, 0.6) is 0 Å². The fourth-order valence-corrected chi connectivity index (χ4v) is 3.14. The number of nitrogens with one attached hydrogen (secondary N) is 1. The van der Waals surface area contributed by atoms with Crippen molar-refractivity contribution in [3.05, 3.63) is 59.2 Å². The number of esters is 2. The van der Waals surface area contributed by atoms with Crippen molar-refractivity contribution in [3.8, 4) is 0 Å². The third kappa shape index (κ3) is 4.50. The van der Waals surface area contributed by atoms with Gasteiger partial charge in [-0.15, -0.1) is 0 Å². The van der Waals surface area contributed by atoms with Crippen LogP contribution in [0.15, 0.2) is 47.4 Å². The molecule has 0 aliphatic carbocycles. The topological polar surface area (TPSA) is 116 Å². The molecule has 0 unspecified atom stereocenters. The van der Waals surface area contributed by atoms with Crippen LogP contribution in [0.4, 0.5) is 10.5 Å². The second-order valence-electron chi connectivity index (χ2n) is 5.51. The van der Waals surface area contributed by atoms with Crippen molar-refractivity contribution in [1.29, 1.82) is 0 Å². The van der Waals surface area contributed by atoms with E-state index in [2.05, 4.69) is 14.8 Å². The van der Waals surface area contributed by atoms with E-state index in [4.69, 9.17) is 0 Å². The van der Waals surface area contributed by atoms with Gasteiger partial charge in [-0.05, 0) is 37.3 Å². The highest BCUT2D eigenvalue weighted by Gasteiger charge is 2.25. The molecule has 2 rings (SSSR count). The summed E-state index contributed by atoms with van der Waals surface area (Å²) in [5, 5.41) is 0.890. The van der Waals surface area contributed by atoms with Gasteiger partial charge in [-0.3, -0.25) is 4.79 Å². The summed E-state index contributed by atoms with van der Waals surface area (Å²) < 4.78 is 34.0. The number of carbonyl (C=O) groups is 3. The molecule has 0 bridgehead atoms. The first-order valence-electron chi connectivity index (χ1n) is 7.63. The Morgan fingerprint density at radius 2 is 1.33 bits per heavy atom. The highest BCUT2D eigenvalue weighted by atomic mass is 32.2. The van der Waals surface area contributed by atoms with Gasteiger partial charge >= 0.3 is 17.2 Å². The smallest absolute Gasteiger partial charge is 0.345 e. The van der Waals surface area contributed by atoms with Crippen LogP contribution in [0.2, 0.25) is 0 Å². The number of hydrogen-bond donors (Lipinski definition) is 1. The Hall–Kier alpha value is -3.20. The van der Waals surface area contributed by atoms with E-state index in [0.717, 1.165) is 19.8 Å². The minimum absolute atomic E-state index is 0.0524. The first kappa shape index (κ1) is 20.1. The van der Waals surface area contributed by atoms with Crippen molar-refractivity contribution in [2.24, 2.45) is 0 Å². The van der Waals surface area contributed by atoms with E-state index in [0.29, 0.717) is 0 Å². The molecule has 0 aliphatic rings.